The van der Waals surface area contributed by atoms with Crippen LogP contribution in [-0.4, -0.2) is 125 Å². The molecule has 26 nitrogen and oxygen atoms in total. The summed E-state index contributed by atoms with van der Waals surface area (Å²) in [5.74, 6) is -3.40. The van der Waals surface area contributed by atoms with Gasteiger partial charge in [-0.1, -0.05) is 23.2 Å². The van der Waals surface area contributed by atoms with Gasteiger partial charge in [0.05, 0.1) is 59.6 Å². The predicted molar refractivity (Wildman–Crippen MR) is 196 cm³/mol. The molecule has 0 fully saturated rings. The summed E-state index contributed by atoms with van der Waals surface area (Å²) in [6.07, 6.45) is 0. The molecule has 2 aromatic carbocycles. The average Bonchev–Trinajstić information content (AvgIpc) is 3.10. The first kappa shape index (κ1) is 65.0. The summed E-state index contributed by atoms with van der Waals surface area (Å²) in [7, 11) is -30.2. The maximum absolute atomic E-state index is 13.5. The average molecular weight is 1160 g/mol. The number of benzene rings is 3. The van der Waals surface area contributed by atoms with Gasteiger partial charge in [-0.25, -0.2) is 55.5 Å². The molecule has 64 heavy (non-hydrogen) atoms. The first-order valence-electron chi connectivity index (χ1n) is 15.6. The van der Waals surface area contributed by atoms with Gasteiger partial charge in [-0.3, -0.25) is 21.7 Å². The Hall–Kier alpha value is 2.97. The van der Waals surface area contributed by atoms with Crippen molar-refractivity contribution in [3.63, 3.8) is 0 Å². The Morgan fingerprint density at radius 1 is 0.656 bits per heavy atom. The number of aromatic nitrogens is 1. The molecule has 2 aliphatic heterocycles. The van der Waals surface area contributed by atoms with Gasteiger partial charge in [-0.15, -0.1) is 0 Å². The van der Waals surface area contributed by atoms with E-state index in [0.717, 1.165) is 24.3 Å². The van der Waals surface area contributed by atoms with Gasteiger partial charge in [0.25, 0.3) is 0 Å². The quantitative estimate of drug-likeness (QED) is 0.0255. The Kier molecular flexibility index (Phi) is 26.7. The SMILES string of the molecule is O=S(=O)([O-])OCCN=c1cc2oc3c(Cl)c4c(c(Cl)c3nc-2c(S(=O)(=O)CCOS(=O)(=O)[O-])c1)Oc1cc(NCCOS(=O)(=O)[O-])cc(S(=O)(=O)CCOS(=O)(=O)[O-])c1N4.[K+].[K+].[K+].[K+]. The third-order valence-electron chi connectivity index (χ3n) is 7.36. The normalized spacial score (nSPS) is 13.2. The van der Waals surface area contributed by atoms with Crippen LogP contribution in [0.1, 0.15) is 0 Å². The van der Waals surface area contributed by atoms with Gasteiger partial charge >= 0.3 is 206 Å². The number of sulfone groups is 2. The van der Waals surface area contributed by atoms with Gasteiger partial charge in [0.15, 0.2) is 42.5 Å². The number of hydrogen-bond donors (Lipinski definition) is 2. The molecule has 1 aliphatic carbocycles. The molecule has 0 spiro atoms. The number of rotatable bonds is 19. The first-order valence-corrected chi connectivity index (χ1v) is 25.0. The number of ether oxygens (including phenoxy) is 1. The van der Waals surface area contributed by atoms with Crippen LogP contribution in [0.2, 0.25) is 10.0 Å². The summed E-state index contributed by atoms with van der Waals surface area (Å²) in [4.78, 5) is 6.88. The van der Waals surface area contributed by atoms with E-state index in [1.165, 1.54) is 0 Å². The number of hydrogen-bond acceptors (Lipinski definition) is 26. The summed E-state index contributed by atoms with van der Waals surface area (Å²) in [5, 5.41) is 4.14. The van der Waals surface area contributed by atoms with Crippen LogP contribution in [0.5, 0.6) is 11.5 Å². The zero-order valence-electron chi connectivity index (χ0n) is 33.0. The number of anilines is 3. The second-order valence-corrected chi connectivity index (χ2v) is 20.6. The van der Waals surface area contributed by atoms with Crippen molar-refractivity contribution in [1.29, 1.82) is 0 Å². The molecule has 0 bridgehead atoms. The van der Waals surface area contributed by atoms with Crippen LogP contribution in [0.25, 0.3) is 22.6 Å². The van der Waals surface area contributed by atoms with Crippen molar-refractivity contribution >= 4 is 113 Å². The van der Waals surface area contributed by atoms with E-state index in [4.69, 9.17) is 32.4 Å². The largest absolute Gasteiger partial charge is 1.00 e. The molecule has 0 aromatic heterocycles. The summed E-state index contributed by atoms with van der Waals surface area (Å²) in [5.41, 5.74) is -2.12. The van der Waals surface area contributed by atoms with Crippen LogP contribution in [0.3, 0.4) is 0 Å². The molecule has 3 aliphatic rings. The number of halogens is 2. The minimum absolute atomic E-state index is 0. The monoisotopic (exact) mass is 1160 g/mol. The summed E-state index contributed by atoms with van der Waals surface area (Å²) >= 11 is 13.4. The Morgan fingerprint density at radius 2 is 1.17 bits per heavy atom. The number of fused-ring (bicyclic) bond motifs is 4. The molecule has 38 heteroatoms. The molecule has 2 aromatic rings. The van der Waals surface area contributed by atoms with Gasteiger partial charge in [0.2, 0.25) is 41.6 Å². The fourth-order valence-electron chi connectivity index (χ4n) is 5.08. The van der Waals surface area contributed by atoms with E-state index in [1.54, 1.807) is 0 Å². The molecular weight excluding hydrogens is 1140 g/mol. The summed E-state index contributed by atoms with van der Waals surface area (Å²) in [6.45, 7) is -4.75. The molecular formula is C26H22Cl2K4N4O22S6. The van der Waals surface area contributed by atoms with E-state index in [9.17, 15) is 68.7 Å². The van der Waals surface area contributed by atoms with E-state index >= 15 is 0 Å². The van der Waals surface area contributed by atoms with Crippen molar-refractivity contribution in [1.82, 2.24) is 4.98 Å². The van der Waals surface area contributed by atoms with E-state index in [0.29, 0.717) is 0 Å². The minimum Gasteiger partial charge on any atom is -0.726 e. The Morgan fingerprint density at radius 3 is 1.72 bits per heavy atom. The molecule has 0 saturated carbocycles. The summed E-state index contributed by atoms with van der Waals surface area (Å²) in [6, 6.07) is 4.08. The van der Waals surface area contributed by atoms with Gasteiger partial charge in [0.1, 0.15) is 32.6 Å². The molecule has 0 saturated heterocycles. The topological polar surface area (TPSA) is 406 Å². The second-order valence-electron chi connectivity index (χ2n) is 11.5. The standard InChI is InChI=1S/C26H26Cl2N4O22S6.4K/c27-19-24-26(54-16-10-14(30-2-4-50-58(40,41)42)12-18(22(16)32-24)56(35,36)8-6-52-60(46,47)48)20(28)23-25(19)53-15-9-13(29-1-3-49-57(37,38)39)11-17(21(15)31-23)55(33,34)7-5-51-59(43,44)45;;;;/h9-12,29,31H,1-8H2,(H,37,38,39)(H,40,41,42)(H,43,44,45)(H,46,47,48);;;;/q;4*+1/p-4. The van der Waals surface area contributed by atoms with Crippen LogP contribution >= 0.6 is 23.2 Å². The molecule has 5 rings (SSSR count). The Balaban J connectivity index is 0.00000512. The van der Waals surface area contributed by atoms with Crippen molar-refractivity contribution in [2.24, 2.45) is 4.99 Å². The second kappa shape index (κ2) is 26.3. The molecule has 0 unspecified atom stereocenters. The molecule has 2 heterocycles. The molecule has 0 amide bonds. The Labute approximate surface area is 545 Å². The fourth-order valence-corrected chi connectivity index (χ4v) is 9.51. The van der Waals surface area contributed by atoms with Crippen molar-refractivity contribution < 1.29 is 300 Å². The third kappa shape index (κ3) is 18.8. The van der Waals surface area contributed by atoms with Crippen molar-refractivity contribution in [2.45, 2.75) is 9.79 Å². The van der Waals surface area contributed by atoms with E-state index in [1.807, 2.05) is 0 Å². The predicted octanol–water partition coefficient (Wildman–Crippen LogP) is -12.1. The zero-order valence-corrected chi connectivity index (χ0v) is 52.0. The van der Waals surface area contributed by atoms with Crippen LogP contribution in [0.15, 0.2) is 43.5 Å². The van der Waals surface area contributed by atoms with Crippen molar-refractivity contribution in [3.05, 3.63) is 39.7 Å². The fraction of sp³-hybridized carbons (Fsp3) is 0.308. The van der Waals surface area contributed by atoms with Crippen LogP contribution in [-0.2, 0) is 78.0 Å². The molecule has 0 radical (unpaired) electrons. The van der Waals surface area contributed by atoms with Crippen molar-refractivity contribution in [2.75, 3.05) is 61.7 Å². The minimum atomic E-state index is -5.33. The molecule has 2 N–H and O–H groups in total. The maximum atomic E-state index is 13.5. The van der Waals surface area contributed by atoms with Crippen LogP contribution in [0, 0.1) is 0 Å². The van der Waals surface area contributed by atoms with Crippen molar-refractivity contribution in [3.8, 4) is 23.0 Å². The smallest absolute Gasteiger partial charge is 0.726 e. The van der Waals surface area contributed by atoms with E-state index in [2.05, 4.69) is 37.3 Å². The zero-order chi connectivity index (χ0) is 44.6. The van der Waals surface area contributed by atoms with E-state index in [-0.39, 0.29) is 239 Å². The number of nitrogens with one attached hydrogen (secondary N) is 2. The van der Waals surface area contributed by atoms with Gasteiger partial charge < -0.3 is 38.0 Å². The summed E-state index contributed by atoms with van der Waals surface area (Å²) < 4.78 is 213. The first-order chi connectivity index (χ1) is 27.5. The van der Waals surface area contributed by atoms with Gasteiger partial charge in [-0.05, 0) is 12.1 Å². The Bertz CT molecular complexity index is 3110. The molecule has 0 atom stereocenters. The number of nitrogens with zero attached hydrogens (tertiary/aromatic N) is 2. The van der Waals surface area contributed by atoms with Crippen LogP contribution < -0.4 is 226 Å². The van der Waals surface area contributed by atoms with E-state index < -0.39 is 155 Å². The maximum Gasteiger partial charge on any atom is 1.00 e. The third-order valence-corrected chi connectivity index (χ3v) is 13.3. The van der Waals surface area contributed by atoms with Gasteiger partial charge in [-0.2, -0.15) is 0 Å². The van der Waals surface area contributed by atoms with Crippen LogP contribution in [0.4, 0.5) is 17.1 Å². The van der Waals surface area contributed by atoms with Gasteiger partial charge in [0, 0.05) is 24.4 Å². The molecule has 332 valence electrons.